The molecule has 0 bridgehead atoms. The van der Waals surface area contributed by atoms with Crippen molar-refractivity contribution in [3.63, 3.8) is 0 Å². The number of likely N-dealkylation sites (N-methyl/N-ethyl adjacent to an activating group) is 1. The zero-order chi connectivity index (χ0) is 17.7. The molecule has 126 valence electrons. The van der Waals surface area contributed by atoms with E-state index in [9.17, 15) is 19.3 Å². The maximum Gasteiger partial charge on any atom is 0.271 e. The van der Waals surface area contributed by atoms with Gasteiger partial charge >= 0.3 is 0 Å². The first-order chi connectivity index (χ1) is 11.3. The molecule has 0 unspecified atom stereocenters. The number of hydrogen-bond donors (Lipinski definition) is 1. The quantitative estimate of drug-likeness (QED) is 0.652. The summed E-state index contributed by atoms with van der Waals surface area (Å²) in [5.74, 6) is -0.616. The summed E-state index contributed by atoms with van der Waals surface area (Å²) in [6.07, 6.45) is 0. The van der Waals surface area contributed by atoms with Gasteiger partial charge in [-0.1, -0.05) is 18.2 Å². The van der Waals surface area contributed by atoms with Crippen molar-refractivity contribution in [1.82, 2.24) is 4.90 Å². The number of aryl methyl sites for hydroxylation is 1. The van der Waals surface area contributed by atoms with Gasteiger partial charge in [0.25, 0.3) is 5.69 Å². The van der Waals surface area contributed by atoms with E-state index in [2.05, 4.69) is 5.32 Å². The summed E-state index contributed by atoms with van der Waals surface area (Å²) < 4.78 is 13.2. The Morgan fingerprint density at radius 2 is 2.04 bits per heavy atom. The third-order valence-corrected chi connectivity index (χ3v) is 3.46. The number of anilines is 1. The molecule has 6 nitrogen and oxygen atoms in total. The minimum Gasteiger partial charge on any atom is -0.324 e. The van der Waals surface area contributed by atoms with Crippen LogP contribution in [-0.2, 0) is 11.3 Å². The van der Waals surface area contributed by atoms with Crippen molar-refractivity contribution < 1.29 is 14.1 Å². The Hall–Kier alpha value is -2.80. The van der Waals surface area contributed by atoms with Crippen molar-refractivity contribution in [3.05, 3.63) is 69.5 Å². The lowest BCUT2D eigenvalue weighted by Gasteiger charge is -2.17. The van der Waals surface area contributed by atoms with Crippen LogP contribution >= 0.6 is 0 Å². The number of rotatable bonds is 6. The number of non-ortho nitro benzene ring substituents is 1. The van der Waals surface area contributed by atoms with Gasteiger partial charge in [0.2, 0.25) is 5.91 Å². The van der Waals surface area contributed by atoms with Crippen LogP contribution in [0.15, 0.2) is 42.5 Å². The lowest BCUT2D eigenvalue weighted by atomic mass is 10.2. The van der Waals surface area contributed by atoms with Gasteiger partial charge in [-0.05, 0) is 37.2 Å². The van der Waals surface area contributed by atoms with E-state index in [1.807, 2.05) is 0 Å². The maximum atomic E-state index is 13.2. The average molecular weight is 331 g/mol. The van der Waals surface area contributed by atoms with Gasteiger partial charge < -0.3 is 5.32 Å². The molecule has 0 heterocycles. The molecular weight excluding hydrogens is 313 g/mol. The number of hydrogen-bond acceptors (Lipinski definition) is 4. The summed E-state index contributed by atoms with van der Waals surface area (Å²) in [6.45, 7) is 2.26. The number of nitro benzene ring substituents is 1. The van der Waals surface area contributed by atoms with E-state index in [-0.39, 0.29) is 24.0 Å². The van der Waals surface area contributed by atoms with Gasteiger partial charge in [0.1, 0.15) is 5.82 Å². The maximum absolute atomic E-state index is 13.2. The van der Waals surface area contributed by atoms with Crippen molar-refractivity contribution in [3.8, 4) is 0 Å². The smallest absolute Gasteiger partial charge is 0.271 e. The zero-order valence-electron chi connectivity index (χ0n) is 13.5. The number of nitrogens with zero attached hydrogens (tertiary/aromatic N) is 2. The van der Waals surface area contributed by atoms with Crippen LogP contribution in [0.1, 0.15) is 11.1 Å². The third kappa shape index (κ3) is 4.85. The molecule has 0 saturated carbocycles. The summed E-state index contributed by atoms with van der Waals surface area (Å²) in [7, 11) is 1.74. The molecule has 0 saturated heterocycles. The molecule has 0 spiro atoms. The molecule has 2 aromatic rings. The first-order valence-corrected chi connectivity index (χ1v) is 7.33. The number of halogens is 1. The van der Waals surface area contributed by atoms with E-state index in [4.69, 9.17) is 0 Å². The van der Waals surface area contributed by atoms with Crippen LogP contribution in [0.4, 0.5) is 15.8 Å². The minimum atomic E-state index is -0.509. The third-order valence-electron chi connectivity index (χ3n) is 3.46. The molecular formula is C17H18FN3O3. The predicted molar refractivity (Wildman–Crippen MR) is 89.2 cm³/mol. The van der Waals surface area contributed by atoms with Crippen molar-refractivity contribution in [2.24, 2.45) is 0 Å². The Kier molecular flexibility index (Phi) is 5.59. The number of benzene rings is 2. The molecule has 0 radical (unpaired) electrons. The molecule has 1 amide bonds. The molecule has 7 heteroatoms. The van der Waals surface area contributed by atoms with Crippen LogP contribution in [0, 0.1) is 22.9 Å². The largest absolute Gasteiger partial charge is 0.324 e. The fourth-order valence-corrected chi connectivity index (χ4v) is 2.30. The normalized spacial score (nSPS) is 10.7. The van der Waals surface area contributed by atoms with Gasteiger partial charge in [0.15, 0.2) is 0 Å². The Morgan fingerprint density at radius 1 is 1.29 bits per heavy atom. The van der Waals surface area contributed by atoms with Gasteiger partial charge in [-0.15, -0.1) is 0 Å². The van der Waals surface area contributed by atoms with Gasteiger partial charge in [-0.2, -0.15) is 0 Å². The van der Waals surface area contributed by atoms with E-state index < -0.39 is 4.92 Å². The molecule has 0 fully saturated rings. The standard InChI is InChI=1S/C17H18FN3O3/c1-12-6-7-15(21(23)24)9-16(12)19-17(22)11-20(2)10-13-4-3-5-14(18)8-13/h3-9H,10-11H2,1-2H3,(H,19,22). The second-order valence-electron chi connectivity index (χ2n) is 5.61. The summed E-state index contributed by atoms with van der Waals surface area (Å²) in [6, 6.07) is 10.5. The molecule has 1 N–H and O–H groups in total. The fourth-order valence-electron chi connectivity index (χ4n) is 2.30. The number of carbonyl (C=O) groups excluding carboxylic acids is 1. The fraction of sp³-hybridized carbons (Fsp3) is 0.235. The lowest BCUT2D eigenvalue weighted by molar-refractivity contribution is -0.384. The van der Waals surface area contributed by atoms with Crippen LogP contribution < -0.4 is 5.32 Å². The second kappa shape index (κ2) is 7.65. The molecule has 0 aliphatic rings. The topological polar surface area (TPSA) is 75.5 Å². The van der Waals surface area contributed by atoms with Crippen molar-refractivity contribution in [2.75, 3.05) is 18.9 Å². The molecule has 0 aliphatic heterocycles. The highest BCUT2D eigenvalue weighted by Gasteiger charge is 2.12. The Morgan fingerprint density at radius 3 is 2.71 bits per heavy atom. The summed E-state index contributed by atoms with van der Waals surface area (Å²) in [4.78, 5) is 24.2. The first kappa shape index (κ1) is 17.6. The molecule has 2 rings (SSSR count). The van der Waals surface area contributed by atoms with Gasteiger partial charge in [-0.3, -0.25) is 19.8 Å². The molecule has 0 aromatic heterocycles. The minimum absolute atomic E-state index is 0.0796. The van der Waals surface area contributed by atoms with E-state index >= 15 is 0 Å². The Balaban J connectivity index is 1.97. The number of nitro groups is 1. The van der Waals surface area contributed by atoms with Crippen molar-refractivity contribution in [1.29, 1.82) is 0 Å². The summed E-state index contributed by atoms with van der Waals surface area (Å²) in [5.41, 5.74) is 1.83. The van der Waals surface area contributed by atoms with E-state index in [0.29, 0.717) is 12.2 Å². The van der Waals surface area contributed by atoms with Crippen LogP contribution in [-0.4, -0.2) is 29.3 Å². The second-order valence-corrected chi connectivity index (χ2v) is 5.61. The van der Waals surface area contributed by atoms with Gasteiger partial charge in [0.05, 0.1) is 17.2 Å². The molecule has 0 atom stereocenters. The zero-order valence-corrected chi connectivity index (χ0v) is 13.5. The highest BCUT2D eigenvalue weighted by Crippen LogP contribution is 2.21. The number of nitrogens with one attached hydrogen (secondary N) is 1. The first-order valence-electron chi connectivity index (χ1n) is 7.33. The van der Waals surface area contributed by atoms with Crippen LogP contribution in [0.2, 0.25) is 0 Å². The van der Waals surface area contributed by atoms with E-state index in [0.717, 1.165) is 11.1 Å². The summed E-state index contributed by atoms with van der Waals surface area (Å²) in [5, 5.41) is 13.5. The lowest BCUT2D eigenvalue weighted by Crippen LogP contribution is -2.30. The SMILES string of the molecule is Cc1ccc([N+](=O)[O-])cc1NC(=O)CN(C)Cc1cccc(F)c1. The van der Waals surface area contributed by atoms with Gasteiger partial charge in [0, 0.05) is 18.7 Å². The van der Waals surface area contributed by atoms with Crippen LogP contribution in [0.25, 0.3) is 0 Å². The molecule has 2 aromatic carbocycles. The average Bonchev–Trinajstić information content (AvgIpc) is 2.49. The van der Waals surface area contributed by atoms with E-state index in [1.54, 1.807) is 37.1 Å². The predicted octanol–water partition coefficient (Wildman–Crippen LogP) is 3.11. The molecule has 0 aliphatic carbocycles. The summed E-state index contributed by atoms with van der Waals surface area (Å²) >= 11 is 0. The highest BCUT2D eigenvalue weighted by atomic mass is 19.1. The number of amides is 1. The highest BCUT2D eigenvalue weighted by molar-refractivity contribution is 5.93. The molecule has 24 heavy (non-hydrogen) atoms. The number of carbonyl (C=O) groups is 1. The van der Waals surface area contributed by atoms with Crippen molar-refractivity contribution in [2.45, 2.75) is 13.5 Å². The van der Waals surface area contributed by atoms with Crippen molar-refractivity contribution >= 4 is 17.3 Å². The van der Waals surface area contributed by atoms with Crippen LogP contribution in [0.3, 0.4) is 0 Å². The Labute approximate surface area is 139 Å². The Bertz CT molecular complexity index is 764. The monoisotopic (exact) mass is 331 g/mol. The van der Waals surface area contributed by atoms with Crippen LogP contribution in [0.5, 0.6) is 0 Å². The van der Waals surface area contributed by atoms with Gasteiger partial charge in [-0.25, -0.2) is 4.39 Å². The van der Waals surface area contributed by atoms with E-state index in [1.165, 1.54) is 24.3 Å².